The van der Waals surface area contributed by atoms with Crippen molar-refractivity contribution in [1.82, 2.24) is 14.8 Å². The van der Waals surface area contributed by atoms with E-state index in [4.69, 9.17) is 23.7 Å². The molecule has 0 aliphatic carbocycles. The van der Waals surface area contributed by atoms with Crippen molar-refractivity contribution in [2.24, 2.45) is 0 Å². The van der Waals surface area contributed by atoms with Gasteiger partial charge < -0.3 is 23.7 Å². The third-order valence-corrected chi connectivity index (χ3v) is 22.6. The van der Waals surface area contributed by atoms with Gasteiger partial charge in [-0.05, 0) is 54.4 Å². The van der Waals surface area contributed by atoms with Gasteiger partial charge in [0, 0.05) is 0 Å². The lowest BCUT2D eigenvalue weighted by Crippen LogP contribution is -2.55. The molecule has 1 aliphatic rings. The molecule has 0 spiro atoms. The zero-order chi connectivity index (χ0) is 29.7. The minimum atomic E-state index is -2.32. The van der Waals surface area contributed by atoms with E-state index in [0.29, 0.717) is 6.61 Å². The number of nitrogens with two attached hydrogens (primary N) is 1. The van der Waals surface area contributed by atoms with E-state index in [-0.39, 0.29) is 20.9 Å². The van der Waals surface area contributed by atoms with Crippen LogP contribution in [0, 0.1) is 0 Å². The molecule has 2 rings (SSSR count). The van der Waals surface area contributed by atoms with Crippen LogP contribution in [0.5, 0.6) is 0 Å². The lowest BCUT2D eigenvalue weighted by molar-refractivity contribution is -0.0577. The molecule has 0 amide bonds. The van der Waals surface area contributed by atoms with Crippen molar-refractivity contribution >= 4 is 30.8 Å². The maximum atomic E-state index is 13.0. The summed E-state index contributed by atoms with van der Waals surface area (Å²) in [5.41, 5.74) is 5.18. The van der Waals surface area contributed by atoms with Gasteiger partial charge in [-0.1, -0.05) is 62.3 Å². The molecule has 1 aromatic rings. The Hall–Kier alpha value is -0.899. The highest BCUT2D eigenvalue weighted by molar-refractivity contribution is 6.75. The van der Waals surface area contributed by atoms with Crippen LogP contribution in [0.15, 0.2) is 11.0 Å². The van der Waals surface area contributed by atoms with Gasteiger partial charge in [0.1, 0.15) is 24.1 Å². The smallest absolute Gasteiger partial charge is 0.368 e. The molecule has 2 unspecified atom stereocenters. The first-order valence-electron chi connectivity index (χ1n) is 13.7. The van der Waals surface area contributed by atoms with Crippen molar-refractivity contribution in [3.63, 3.8) is 0 Å². The average Bonchev–Trinajstić information content (AvgIpc) is 3.00. The maximum Gasteiger partial charge on any atom is 0.368 e. The Labute approximate surface area is 233 Å². The molecular weight excluding hydrogens is 533 g/mol. The van der Waals surface area contributed by atoms with E-state index in [1.165, 1.54) is 10.9 Å². The van der Waals surface area contributed by atoms with Crippen molar-refractivity contribution in [3.8, 4) is 0 Å². The number of ether oxygens (including phenoxy) is 1. The summed E-state index contributed by atoms with van der Waals surface area (Å²) < 4.78 is 28.6. The molecule has 4 atom stereocenters. The molecule has 0 radical (unpaired) electrons. The predicted octanol–water partition coefficient (Wildman–Crippen LogP) is 5.92. The Morgan fingerprint density at radius 2 is 1.29 bits per heavy atom. The second-order valence-corrected chi connectivity index (χ2v) is 29.6. The third-order valence-electron chi connectivity index (χ3n) is 9.15. The van der Waals surface area contributed by atoms with Crippen LogP contribution in [0.1, 0.15) is 68.5 Å². The molecule has 2 heterocycles. The summed E-state index contributed by atoms with van der Waals surface area (Å²) >= 11 is 0. The van der Waals surface area contributed by atoms with Gasteiger partial charge in [0.15, 0.2) is 31.2 Å². The summed E-state index contributed by atoms with van der Waals surface area (Å²) in [6.07, 6.45) is -0.881. The number of anilines is 1. The van der Waals surface area contributed by atoms with Gasteiger partial charge in [-0.3, -0.25) is 0 Å². The fourth-order valence-electron chi connectivity index (χ4n) is 3.38. The molecular formula is C26H54N4O5Si3. The normalized spacial score (nSPS) is 24.2. The summed E-state index contributed by atoms with van der Waals surface area (Å²) in [4.78, 5) is 16.9. The molecule has 1 saturated heterocycles. The summed E-state index contributed by atoms with van der Waals surface area (Å²) in [6, 6.07) is 0. The molecule has 1 fully saturated rings. The highest BCUT2D eigenvalue weighted by Gasteiger charge is 2.55. The van der Waals surface area contributed by atoms with E-state index in [2.05, 4.69) is 112 Å². The second kappa shape index (κ2) is 10.8. The number of nitrogen functional groups attached to an aromatic ring is 1. The van der Waals surface area contributed by atoms with Crippen LogP contribution in [0.4, 0.5) is 5.82 Å². The quantitative estimate of drug-likeness (QED) is 0.374. The van der Waals surface area contributed by atoms with Crippen LogP contribution in [-0.4, -0.2) is 64.6 Å². The van der Waals surface area contributed by atoms with Gasteiger partial charge in [0.2, 0.25) is 0 Å². The fourth-order valence-corrected chi connectivity index (χ4v) is 7.00. The lowest BCUT2D eigenvalue weighted by atomic mass is 10.1. The first kappa shape index (κ1) is 33.3. The SMILES string of the molecule is CC(C)(C)[Si](C)(C)OC[C@H]1O[C@@H](n2ncc(N)nc2=O)C(O[Si](C)(C)C(C)(C)C)C1O[Si](C)(C)C(C)(C)C. The molecule has 0 saturated carbocycles. The van der Waals surface area contributed by atoms with Gasteiger partial charge in [-0.25, -0.2) is 4.79 Å². The zero-order valence-electron chi connectivity index (χ0n) is 26.6. The molecule has 0 bridgehead atoms. The minimum Gasteiger partial charge on any atom is -0.414 e. The molecule has 1 aromatic heterocycles. The van der Waals surface area contributed by atoms with E-state index in [9.17, 15) is 4.79 Å². The molecule has 2 N–H and O–H groups in total. The first-order valence-corrected chi connectivity index (χ1v) is 22.4. The fraction of sp³-hybridized carbons (Fsp3) is 0.885. The number of hydrogen-bond acceptors (Lipinski definition) is 8. The van der Waals surface area contributed by atoms with E-state index in [1.807, 2.05) is 0 Å². The zero-order valence-corrected chi connectivity index (χ0v) is 29.6. The Kier molecular flexibility index (Phi) is 9.49. The Morgan fingerprint density at radius 1 is 0.842 bits per heavy atom. The van der Waals surface area contributed by atoms with Gasteiger partial charge in [0.05, 0.1) is 12.8 Å². The summed E-state index contributed by atoms with van der Waals surface area (Å²) in [5.74, 6) is 0.0676. The topological polar surface area (TPSA) is 111 Å². The Morgan fingerprint density at radius 3 is 1.71 bits per heavy atom. The minimum absolute atomic E-state index is 0.0325. The van der Waals surface area contributed by atoms with Gasteiger partial charge in [0.25, 0.3) is 0 Å². The molecule has 0 aromatic carbocycles. The van der Waals surface area contributed by atoms with Crippen molar-refractivity contribution in [1.29, 1.82) is 0 Å². The largest absolute Gasteiger partial charge is 0.414 e. The van der Waals surface area contributed by atoms with Gasteiger partial charge in [-0.15, -0.1) is 0 Å². The summed E-state index contributed by atoms with van der Waals surface area (Å²) in [7, 11) is -6.68. The molecule has 1 aliphatic heterocycles. The number of aromatic nitrogens is 3. The number of nitrogens with zero attached hydrogens (tertiary/aromatic N) is 3. The molecule has 38 heavy (non-hydrogen) atoms. The first-order chi connectivity index (χ1) is 16.8. The van der Waals surface area contributed by atoms with Crippen LogP contribution >= 0.6 is 0 Å². The average molecular weight is 587 g/mol. The third kappa shape index (κ3) is 7.24. The molecule has 12 heteroatoms. The van der Waals surface area contributed by atoms with Crippen LogP contribution < -0.4 is 11.4 Å². The molecule has 220 valence electrons. The predicted molar refractivity (Wildman–Crippen MR) is 162 cm³/mol. The monoisotopic (exact) mass is 586 g/mol. The van der Waals surface area contributed by atoms with Crippen molar-refractivity contribution in [3.05, 3.63) is 16.7 Å². The van der Waals surface area contributed by atoms with Crippen LogP contribution in [0.25, 0.3) is 0 Å². The van der Waals surface area contributed by atoms with Gasteiger partial charge >= 0.3 is 5.69 Å². The standard InChI is InChI=1S/C26H54N4O5Si3/c1-24(2,3)36(10,11)32-17-18-20(34-37(12,13)25(4,5)6)21(35-38(14,15)26(7,8)9)22(33-18)30-23(31)29-19(27)16-28-30/h16,18,20-22H,17H2,1-15H3,(H2,27,29,31)/t18-,20?,21?,22-/m1/s1. The van der Waals surface area contributed by atoms with Crippen LogP contribution in [0.3, 0.4) is 0 Å². The summed E-state index contributed by atoms with van der Waals surface area (Å²) in [5, 5.41) is 4.26. The van der Waals surface area contributed by atoms with Gasteiger partial charge in [-0.2, -0.15) is 14.8 Å². The Bertz CT molecular complexity index is 1030. The van der Waals surface area contributed by atoms with Crippen molar-refractivity contribution in [2.75, 3.05) is 12.3 Å². The Balaban J connectivity index is 2.64. The number of rotatable bonds is 8. The van der Waals surface area contributed by atoms with E-state index >= 15 is 0 Å². The lowest BCUT2D eigenvalue weighted by Gasteiger charge is -2.44. The van der Waals surface area contributed by atoms with Crippen LogP contribution in [0.2, 0.25) is 54.4 Å². The summed E-state index contributed by atoms with van der Waals surface area (Å²) in [6.45, 7) is 33.5. The van der Waals surface area contributed by atoms with Crippen molar-refractivity contribution in [2.45, 2.75) is 141 Å². The maximum absolute atomic E-state index is 13.0. The molecule has 9 nitrogen and oxygen atoms in total. The second-order valence-electron chi connectivity index (χ2n) is 15.2. The highest BCUT2D eigenvalue weighted by atomic mass is 28.4. The van der Waals surface area contributed by atoms with Crippen LogP contribution in [-0.2, 0) is 18.0 Å². The van der Waals surface area contributed by atoms with E-state index in [0.717, 1.165) is 0 Å². The van der Waals surface area contributed by atoms with Crippen molar-refractivity contribution < 1.29 is 18.0 Å². The number of hydrogen-bond donors (Lipinski definition) is 1. The van der Waals surface area contributed by atoms with E-state index in [1.54, 1.807) is 0 Å². The van der Waals surface area contributed by atoms with E-state index < -0.39 is 55.2 Å². The highest BCUT2D eigenvalue weighted by Crippen LogP contribution is 2.46.